The van der Waals surface area contributed by atoms with Gasteiger partial charge in [0.2, 0.25) is 10.0 Å². The van der Waals surface area contributed by atoms with Crippen LogP contribution in [0.1, 0.15) is 28.4 Å². The third-order valence-corrected chi connectivity index (χ3v) is 4.89. The molecule has 0 radical (unpaired) electrons. The lowest BCUT2D eigenvalue weighted by Gasteiger charge is -2.10. The van der Waals surface area contributed by atoms with Crippen molar-refractivity contribution < 1.29 is 26.4 Å². The molecule has 2 rings (SSSR count). The van der Waals surface area contributed by atoms with E-state index in [1.165, 1.54) is 0 Å². The number of alkyl halides is 3. The Morgan fingerprint density at radius 2 is 1.73 bits per heavy atom. The van der Waals surface area contributed by atoms with Gasteiger partial charge in [0.1, 0.15) is 0 Å². The molecular formula is C17H17F3N2O3S. The van der Waals surface area contributed by atoms with Gasteiger partial charge in [-0.1, -0.05) is 18.2 Å². The highest BCUT2D eigenvalue weighted by Crippen LogP contribution is 2.30. The SMILES string of the molecule is CCNC(=O)c1ccc(CNS(=O)(=O)c2cccc(C(F)(F)F)c2)cc1. The third-order valence-electron chi connectivity index (χ3n) is 3.49. The first-order chi connectivity index (χ1) is 12.1. The summed E-state index contributed by atoms with van der Waals surface area (Å²) in [6.45, 7) is 2.15. The number of sulfonamides is 1. The van der Waals surface area contributed by atoms with Gasteiger partial charge in [-0.05, 0) is 42.8 Å². The summed E-state index contributed by atoms with van der Waals surface area (Å²) < 4.78 is 64.8. The van der Waals surface area contributed by atoms with Crippen molar-refractivity contribution in [1.82, 2.24) is 10.0 Å². The quantitative estimate of drug-likeness (QED) is 0.802. The molecule has 0 bridgehead atoms. The summed E-state index contributed by atoms with van der Waals surface area (Å²) >= 11 is 0. The lowest BCUT2D eigenvalue weighted by molar-refractivity contribution is -0.137. The molecule has 0 unspecified atom stereocenters. The van der Waals surface area contributed by atoms with E-state index >= 15 is 0 Å². The molecule has 0 aromatic heterocycles. The fourth-order valence-electron chi connectivity index (χ4n) is 2.14. The van der Waals surface area contributed by atoms with E-state index < -0.39 is 26.7 Å². The van der Waals surface area contributed by atoms with Crippen LogP contribution >= 0.6 is 0 Å². The highest BCUT2D eigenvalue weighted by Gasteiger charge is 2.31. The molecule has 0 heterocycles. The number of carbonyl (C=O) groups is 1. The highest BCUT2D eigenvalue weighted by molar-refractivity contribution is 7.89. The Hall–Kier alpha value is -2.39. The molecule has 5 nitrogen and oxygen atoms in total. The fraction of sp³-hybridized carbons (Fsp3) is 0.235. The first kappa shape index (κ1) is 19.9. The standard InChI is InChI=1S/C17H17F3N2O3S/c1-2-21-16(23)13-8-6-12(7-9-13)11-22-26(24,25)15-5-3-4-14(10-15)17(18,19)20/h3-10,22H,2,11H2,1H3,(H,21,23). The van der Waals surface area contributed by atoms with Crippen molar-refractivity contribution in [3.63, 3.8) is 0 Å². The number of hydrogen-bond donors (Lipinski definition) is 2. The maximum absolute atomic E-state index is 12.7. The monoisotopic (exact) mass is 386 g/mol. The Bertz CT molecular complexity index is 879. The van der Waals surface area contributed by atoms with Crippen molar-refractivity contribution in [3.05, 3.63) is 65.2 Å². The average Bonchev–Trinajstić information content (AvgIpc) is 2.60. The molecule has 2 aromatic carbocycles. The minimum absolute atomic E-state index is 0.117. The lowest BCUT2D eigenvalue weighted by atomic mass is 10.1. The van der Waals surface area contributed by atoms with Crippen LogP contribution < -0.4 is 10.0 Å². The molecule has 0 aliphatic heterocycles. The van der Waals surface area contributed by atoms with E-state index in [0.717, 1.165) is 18.2 Å². The molecular weight excluding hydrogens is 369 g/mol. The smallest absolute Gasteiger partial charge is 0.352 e. The second kappa shape index (κ2) is 7.88. The Kier molecular flexibility index (Phi) is 6.04. The van der Waals surface area contributed by atoms with Gasteiger partial charge in [0, 0.05) is 18.7 Å². The molecule has 0 saturated heterocycles. The molecule has 0 saturated carbocycles. The molecule has 26 heavy (non-hydrogen) atoms. The Morgan fingerprint density at radius 3 is 2.31 bits per heavy atom. The van der Waals surface area contributed by atoms with Crippen molar-refractivity contribution in [2.75, 3.05) is 6.54 Å². The van der Waals surface area contributed by atoms with Gasteiger partial charge in [0.05, 0.1) is 10.5 Å². The van der Waals surface area contributed by atoms with Crippen molar-refractivity contribution in [3.8, 4) is 0 Å². The molecule has 140 valence electrons. The van der Waals surface area contributed by atoms with Crippen molar-refractivity contribution in [1.29, 1.82) is 0 Å². The molecule has 1 amide bonds. The highest BCUT2D eigenvalue weighted by atomic mass is 32.2. The summed E-state index contributed by atoms with van der Waals surface area (Å²) in [7, 11) is -4.11. The summed E-state index contributed by atoms with van der Waals surface area (Å²) in [5.41, 5.74) is -0.0448. The summed E-state index contributed by atoms with van der Waals surface area (Å²) in [5.74, 6) is -0.247. The third kappa shape index (κ3) is 5.06. The van der Waals surface area contributed by atoms with Crippen LogP contribution in [0, 0.1) is 0 Å². The van der Waals surface area contributed by atoms with Gasteiger partial charge in [-0.25, -0.2) is 13.1 Å². The topological polar surface area (TPSA) is 75.3 Å². The fourth-order valence-corrected chi connectivity index (χ4v) is 3.20. The van der Waals surface area contributed by atoms with E-state index in [2.05, 4.69) is 10.0 Å². The van der Waals surface area contributed by atoms with Gasteiger partial charge in [0.25, 0.3) is 5.91 Å². The van der Waals surface area contributed by atoms with Crippen molar-refractivity contribution in [2.24, 2.45) is 0 Å². The van der Waals surface area contributed by atoms with Gasteiger partial charge >= 0.3 is 6.18 Å². The minimum atomic E-state index is -4.62. The van der Waals surface area contributed by atoms with E-state index in [1.807, 2.05) is 0 Å². The van der Waals surface area contributed by atoms with E-state index in [1.54, 1.807) is 31.2 Å². The van der Waals surface area contributed by atoms with Gasteiger partial charge in [0.15, 0.2) is 0 Å². The Morgan fingerprint density at radius 1 is 1.08 bits per heavy atom. The summed E-state index contributed by atoms with van der Waals surface area (Å²) in [6.07, 6.45) is -4.62. The molecule has 0 aliphatic carbocycles. The largest absolute Gasteiger partial charge is 0.416 e. The predicted molar refractivity (Wildman–Crippen MR) is 89.9 cm³/mol. The van der Waals surface area contributed by atoms with E-state index in [0.29, 0.717) is 23.7 Å². The Labute approximate surface area is 149 Å². The van der Waals surface area contributed by atoms with Gasteiger partial charge in [-0.3, -0.25) is 4.79 Å². The molecule has 2 aromatic rings. The average molecular weight is 386 g/mol. The Balaban J connectivity index is 2.10. The predicted octanol–water partition coefficient (Wildman–Crippen LogP) is 2.93. The van der Waals surface area contributed by atoms with Crippen molar-refractivity contribution >= 4 is 15.9 Å². The summed E-state index contributed by atoms with van der Waals surface area (Å²) in [6, 6.07) is 9.74. The zero-order chi connectivity index (χ0) is 19.4. The van der Waals surface area contributed by atoms with Crippen LogP contribution in [0.4, 0.5) is 13.2 Å². The maximum Gasteiger partial charge on any atom is 0.416 e. The van der Waals surface area contributed by atoms with Gasteiger partial charge < -0.3 is 5.32 Å². The van der Waals surface area contributed by atoms with Gasteiger partial charge in [-0.2, -0.15) is 13.2 Å². The van der Waals surface area contributed by atoms with E-state index in [9.17, 15) is 26.4 Å². The summed E-state index contributed by atoms with van der Waals surface area (Å²) in [4.78, 5) is 11.2. The van der Waals surface area contributed by atoms with Crippen molar-refractivity contribution in [2.45, 2.75) is 24.5 Å². The molecule has 0 atom stereocenters. The number of halogens is 3. The van der Waals surface area contributed by atoms with Crippen LogP contribution in [0.5, 0.6) is 0 Å². The number of hydrogen-bond acceptors (Lipinski definition) is 3. The van der Waals surface area contributed by atoms with Crippen LogP contribution in [-0.2, 0) is 22.7 Å². The van der Waals surface area contributed by atoms with Crippen LogP contribution in [0.25, 0.3) is 0 Å². The van der Waals surface area contributed by atoms with E-state index in [-0.39, 0.29) is 12.5 Å². The number of carbonyl (C=O) groups excluding carboxylic acids is 1. The normalized spacial score (nSPS) is 12.0. The molecule has 0 spiro atoms. The zero-order valence-corrected chi connectivity index (χ0v) is 14.6. The number of amides is 1. The second-order valence-electron chi connectivity index (χ2n) is 5.41. The molecule has 0 fully saturated rings. The summed E-state index contributed by atoms with van der Waals surface area (Å²) in [5, 5.41) is 2.63. The molecule has 0 aliphatic rings. The van der Waals surface area contributed by atoms with Crippen LogP contribution in [0.2, 0.25) is 0 Å². The van der Waals surface area contributed by atoms with Crippen LogP contribution in [0.15, 0.2) is 53.4 Å². The van der Waals surface area contributed by atoms with Crippen LogP contribution in [0.3, 0.4) is 0 Å². The maximum atomic E-state index is 12.7. The number of nitrogens with one attached hydrogen (secondary N) is 2. The number of benzene rings is 2. The van der Waals surface area contributed by atoms with E-state index in [4.69, 9.17) is 0 Å². The first-order valence-electron chi connectivity index (χ1n) is 7.67. The first-order valence-corrected chi connectivity index (χ1v) is 9.16. The lowest BCUT2D eigenvalue weighted by Crippen LogP contribution is -2.24. The molecule has 9 heteroatoms. The second-order valence-corrected chi connectivity index (χ2v) is 7.17. The number of rotatable bonds is 6. The minimum Gasteiger partial charge on any atom is -0.352 e. The zero-order valence-electron chi connectivity index (χ0n) is 13.8. The van der Waals surface area contributed by atoms with Gasteiger partial charge in [-0.15, -0.1) is 0 Å². The van der Waals surface area contributed by atoms with Crippen LogP contribution in [-0.4, -0.2) is 20.9 Å². The molecule has 2 N–H and O–H groups in total.